The molecule has 11 heteroatoms. The number of amides is 2. The van der Waals surface area contributed by atoms with Crippen molar-refractivity contribution in [1.29, 1.82) is 5.26 Å². The molecule has 2 aliphatic rings. The number of ether oxygens (including phenoxy) is 2. The lowest BCUT2D eigenvalue weighted by Gasteiger charge is -2.34. The van der Waals surface area contributed by atoms with E-state index in [9.17, 15) is 24.0 Å². The van der Waals surface area contributed by atoms with Crippen molar-refractivity contribution in [1.82, 2.24) is 9.88 Å². The zero-order valence-electron chi connectivity index (χ0n) is 19.5. The fraction of sp³-hybridized carbons (Fsp3) is 0.400. The van der Waals surface area contributed by atoms with Gasteiger partial charge in [-0.25, -0.2) is 9.37 Å². The van der Waals surface area contributed by atoms with E-state index in [2.05, 4.69) is 21.1 Å². The van der Waals surface area contributed by atoms with Gasteiger partial charge in [0.05, 0.1) is 31.1 Å². The molecule has 0 bridgehead atoms. The van der Waals surface area contributed by atoms with E-state index >= 15 is 0 Å². The number of anilines is 1. The van der Waals surface area contributed by atoms with Crippen LogP contribution in [0.1, 0.15) is 18.4 Å². The third kappa shape index (κ3) is 5.44. The van der Waals surface area contributed by atoms with Crippen LogP contribution in [0.15, 0.2) is 36.5 Å². The molecule has 4 atom stereocenters. The lowest BCUT2D eigenvalue weighted by molar-refractivity contribution is -0.143. The second-order valence-corrected chi connectivity index (χ2v) is 8.67. The smallest absolute Gasteiger partial charge is 0.309 e. The fourth-order valence-corrected chi connectivity index (χ4v) is 4.20. The van der Waals surface area contributed by atoms with E-state index in [1.807, 2.05) is 0 Å². The van der Waals surface area contributed by atoms with Crippen molar-refractivity contribution in [2.75, 3.05) is 32.1 Å². The summed E-state index contributed by atoms with van der Waals surface area (Å²) in [5.41, 5.74) is 1.55. The molecular formula is C25H25FN4O6. The minimum Gasteiger partial charge on any atom is -0.486 e. The number of hydrogen-bond donors (Lipinski definition) is 2. The number of carbonyl (C=O) groups excluding carboxylic acids is 3. The molecule has 2 heterocycles. The number of nitriles is 1. The molecule has 1 saturated carbocycles. The van der Waals surface area contributed by atoms with E-state index in [1.165, 1.54) is 18.2 Å². The molecule has 10 nitrogen and oxygen atoms in total. The van der Waals surface area contributed by atoms with Crippen molar-refractivity contribution in [3.63, 3.8) is 0 Å². The predicted octanol–water partition coefficient (Wildman–Crippen LogP) is 1.68. The molecule has 2 amide bonds. The van der Waals surface area contributed by atoms with Gasteiger partial charge in [-0.15, -0.1) is 0 Å². The average Bonchev–Trinajstić information content (AvgIpc) is 3.70. The Hall–Kier alpha value is -4.04. The highest BCUT2D eigenvalue weighted by atomic mass is 19.1. The summed E-state index contributed by atoms with van der Waals surface area (Å²) in [6.07, 6.45) is -0.116. The highest BCUT2D eigenvalue weighted by molar-refractivity contribution is 5.98. The number of alkyl halides is 1. The number of methoxy groups -OCH3 is 1. The van der Waals surface area contributed by atoms with Crippen LogP contribution in [-0.4, -0.2) is 71.9 Å². The number of piperidine rings is 1. The highest BCUT2D eigenvalue weighted by Crippen LogP contribution is 2.40. The Balaban J connectivity index is 1.43. The molecule has 0 radical (unpaired) electrons. The largest absolute Gasteiger partial charge is 0.486 e. The second kappa shape index (κ2) is 10.7. The van der Waals surface area contributed by atoms with Crippen LogP contribution in [0.5, 0.6) is 5.75 Å². The maximum absolute atomic E-state index is 14.6. The van der Waals surface area contributed by atoms with Gasteiger partial charge in [-0.1, -0.05) is 6.07 Å². The number of aliphatic hydroxyl groups is 1. The van der Waals surface area contributed by atoms with Crippen LogP contribution in [0.3, 0.4) is 0 Å². The van der Waals surface area contributed by atoms with E-state index in [0.717, 1.165) is 0 Å². The molecular weight excluding hydrogens is 471 g/mol. The molecule has 1 aliphatic heterocycles. The normalized spacial score (nSPS) is 22.8. The lowest BCUT2D eigenvalue weighted by atomic mass is 10.0. The predicted molar refractivity (Wildman–Crippen MR) is 124 cm³/mol. The summed E-state index contributed by atoms with van der Waals surface area (Å²) in [5, 5.41) is 21.3. The molecule has 4 rings (SSSR count). The van der Waals surface area contributed by atoms with Crippen molar-refractivity contribution in [3.8, 4) is 22.9 Å². The first kappa shape index (κ1) is 25.1. The van der Waals surface area contributed by atoms with Crippen LogP contribution in [0.25, 0.3) is 11.1 Å². The third-order valence-corrected chi connectivity index (χ3v) is 6.32. The Morgan fingerprint density at radius 1 is 1.25 bits per heavy atom. The van der Waals surface area contributed by atoms with Gasteiger partial charge in [0, 0.05) is 19.2 Å². The van der Waals surface area contributed by atoms with Crippen LogP contribution in [-0.2, 0) is 19.1 Å². The summed E-state index contributed by atoms with van der Waals surface area (Å²) in [4.78, 5) is 41.0. The van der Waals surface area contributed by atoms with Gasteiger partial charge in [0.25, 0.3) is 0 Å². The quantitative estimate of drug-likeness (QED) is 0.552. The number of likely N-dealkylation sites (tertiary alicyclic amines) is 1. The molecule has 0 spiro atoms. The van der Waals surface area contributed by atoms with Gasteiger partial charge < -0.3 is 24.8 Å². The highest BCUT2D eigenvalue weighted by Gasteiger charge is 2.49. The van der Waals surface area contributed by atoms with E-state index in [4.69, 9.17) is 9.84 Å². The number of nitrogens with one attached hydrogen (secondary N) is 1. The van der Waals surface area contributed by atoms with Gasteiger partial charge in [-0.2, -0.15) is 5.26 Å². The zero-order valence-corrected chi connectivity index (χ0v) is 19.5. The van der Waals surface area contributed by atoms with E-state index < -0.39 is 42.6 Å². The van der Waals surface area contributed by atoms with E-state index in [0.29, 0.717) is 23.4 Å². The average molecular weight is 496 g/mol. The van der Waals surface area contributed by atoms with E-state index in [1.54, 1.807) is 30.3 Å². The molecule has 1 aromatic carbocycles. The molecule has 36 heavy (non-hydrogen) atoms. The van der Waals surface area contributed by atoms with Gasteiger partial charge in [0.15, 0.2) is 6.17 Å². The van der Waals surface area contributed by atoms with Gasteiger partial charge in [0.1, 0.15) is 30.3 Å². The first-order valence-electron chi connectivity index (χ1n) is 11.4. The van der Waals surface area contributed by atoms with Crippen LogP contribution < -0.4 is 10.1 Å². The molecule has 188 valence electrons. The van der Waals surface area contributed by atoms with Crippen molar-refractivity contribution in [3.05, 3.63) is 42.1 Å². The van der Waals surface area contributed by atoms with Crippen LogP contribution in [0.4, 0.5) is 10.2 Å². The van der Waals surface area contributed by atoms with Crippen LogP contribution in [0, 0.1) is 23.2 Å². The Bertz CT molecular complexity index is 1220. The van der Waals surface area contributed by atoms with Crippen molar-refractivity contribution in [2.45, 2.75) is 25.1 Å². The molecule has 1 aliphatic carbocycles. The standard InChI is InChI=1S/C25H25FN4O6/c1-35-25(34)18-10-17(18)24(33)29-22-9-15(4-6-28-22)14-2-3-20(16(8-14)11-27)36-21-5-7-30(12-19(21)26)23(32)13-31/h2-4,6,8-9,17-19,21,31H,5,7,10,12-13H2,1H3,(H,28,29,33)/t17?,18?,19-,21+/m1/s1. The Kier molecular flexibility index (Phi) is 7.45. The number of carbonyl (C=O) groups is 3. The molecule has 1 aromatic heterocycles. The van der Waals surface area contributed by atoms with Gasteiger partial charge in [-0.05, 0) is 41.8 Å². The maximum atomic E-state index is 14.6. The number of pyridine rings is 1. The van der Waals surface area contributed by atoms with Crippen molar-refractivity contribution >= 4 is 23.6 Å². The lowest BCUT2D eigenvalue weighted by Crippen LogP contribution is -2.50. The molecule has 2 fully saturated rings. The SMILES string of the molecule is COC(=O)C1CC1C(=O)Nc1cc(-c2ccc(O[C@H]3CCN(C(=O)CO)C[C@H]3F)c(C#N)c2)ccn1. The van der Waals surface area contributed by atoms with Gasteiger partial charge in [0.2, 0.25) is 11.8 Å². The number of esters is 1. The Morgan fingerprint density at radius 3 is 2.72 bits per heavy atom. The summed E-state index contributed by atoms with van der Waals surface area (Å²) < 4.78 is 25.1. The number of rotatable bonds is 7. The van der Waals surface area contributed by atoms with Crippen molar-refractivity contribution in [2.24, 2.45) is 11.8 Å². The van der Waals surface area contributed by atoms with Crippen molar-refractivity contribution < 1.29 is 33.4 Å². The first-order valence-corrected chi connectivity index (χ1v) is 11.4. The number of aromatic nitrogens is 1. The second-order valence-electron chi connectivity index (χ2n) is 8.67. The van der Waals surface area contributed by atoms with Crippen LogP contribution in [0.2, 0.25) is 0 Å². The molecule has 1 saturated heterocycles. The summed E-state index contributed by atoms with van der Waals surface area (Å²) in [6.45, 7) is -0.610. The summed E-state index contributed by atoms with van der Waals surface area (Å²) >= 11 is 0. The monoisotopic (exact) mass is 496 g/mol. The summed E-state index contributed by atoms with van der Waals surface area (Å²) in [6, 6.07) is 10.3. The van der Waals surface area contributed by atoms with Gasteiger partial charge in [-0.3, -0.25) is 14.4 Å². The minimum absolute atomic E-state index is 0.184. The van der Waals surface area contributed by atoms with Crippen LogP contribution >= 0.6 is 0 Å². The topological polar surface area (TPSA) is 142 Å². The number of nitrogens with zero attached hydrogens (tertiary/aromatic N) is 3. The number of hydrogen-bond acceptors (Lipinski definition) is 8. The maximum Gasteiger partial charge on any atom is 0.309 e. The minimum atomic E-state index is -1.46. The van der Waals surface area contributed by atoms with E-state index in [-0.39, 0.29) is 36.7 Å². The Labute approximate surface area is 206 Å². The number of aliphatic hydroxyl groups excluding tert-OH is 1. The molecule has 2 aromatic rings. The number of halogens is 1. The zero-order chi connectivity index (χ0) is 25.8. The molecule has 2 unspecified atom stereocenters. The van der Waals surface area contributed by atoms with Gasteiger partial charge >= 0.3 is 5.97 Å². The third-order valence-electron chi connectivity index (χ3n) is 6.32. The summed E-state index contributed by atoms with van der Waals surface area (Å²) in [7, 11) is 1.28. The fourth-order valence-electron chi connectivity index (χ4n) is 4.20. The Morgan fingerprint density at radius 2 is 2.03 bits per heavy atom. The molecule has 2 N–H and O–H groups in total. The summed E-state index contributed by atoms with van der Waals surface area (Å²) in [5.74, 6) is -1.62. The number of benzene rings is 1. The first-order chi connectivity index (χ1) is 17.3.